The summed E-state index contributed by atoms with van der Waals surface area (Å²) in [5.41, 5.74) is 2.62. The lowest BCUT2D eigenvalue weighted by atomic mass is 10.1. The molecule has 4 rings (SSSR count). The second kappa shape index (κ2) is 8.15. The Kier molecular flexibility index (Phi) is 5.26. The van der Waals surface area contributed by atoms with Crippen molar-refractivity contribution in [1.82, 2.24) is 15.0 Å². The van der Waals surface area contributed by atoms with Crippen molar-refractivity contribution in [1.29, 1.82) is 0 Å². The van der Waals surface area contributed by atoms with E-state index < -0.39 is 4.92 Å². The lowest BCUT2D eigenvalue weighted by molar-refractivity contribution is -0.384. The lowest BCUT2D eigenvalue weighted by Crippen LogP contribution is -2.13. The van der Waals surface area contributed by atoms with Crippen LogP contribution in [0.3, 0.4) is 0 Å². The zero-order chi connectivity index (χ0) is 20.2. The van der Waals surface area contributed by atoms with Crippen LogP contribution in [0.25, 0.3) is 11.4 Å². The van der Waals surface area contributed by atoms with Crippen molar-refractivity contribution in [3.63, 3.8) is 0 Å². The van der Waals surface area contributed by atoms with Gasteiger partial charge in [0.15, 0.2) is 5.82 Å². The van der Waals surface area contributed by atoms with Gasteiger partial charge in [0.25, 0.3) is 5.69 Å². The molecule has 0 spiro atoms. The van der Waals surface area contributed by atoms with Crippen molar-refractivity contribution in [2.24, 2.45) is 0 Å². The van der Waals surface area contributed by atoms with E-state index >= 15 is 0 Å². The fraction of sp³-hybridized carbons (Fsp3) is 0.0952. The lowest BCUT2D eigenvalue weighted by Gasteiger charge is -2.18. The predicted molar refractivity (Wildman–Crippen MR) is 113 cm³/mol. The highest BCUT2D eigenvalue weighted by molar-refractivity contribution is 7.09. The van der Waals surface area contributed by atoms with Crippen molar-refractivity contribution in [3.8, 4) is 11.4 Å². The van der Waals surface area contributed by atoms with Gasteiger partial charge in [-0.3, -0.25) is 10.1 Å². The first-order valence-corrected chi connectivity index (χ1v) is 9.79. The summed E-state index contributed by atoms with van der Waals surface area (Å²) < 4.78 is 0. The zero-order valence-electron chi connectivity index (χ0n) is 15.5. The molecule has 0 aliphatic rings. The van der Waals surface area contributed by atoms with Crippen molar-refractivity contribution in [3.05, 3.63) is 98.6 Å². The Hall–Kier alpha value is -3.65. The van der Waals surface area contributed by atoms with Crippen LogP contribution in [-0.2, 0) is 0 Å². The Morgan fingerprint density at radius 1 is 1.07 bits per heavy atom. The highest BCUT2D eigenvalue weighted by Crippen LogP contribution is 2.28. The summed E-state index contributed by atoms with van der Waals surface area (Å²) >= 11 is 1.57. The highest BCUT2D eigenvalue weighted by atomic mass is 32.1. The Bertz CT molecular complexity index is 1120. The maximum absolute atomic E-state index is 10.9. The minimum absolute atomic E-state index is 0.0349. The van der Waals surface area contributed by atoms with E-state index in [1.54, 1.807) is 29.7 Å². The van der Waals surface area contributed by atoms with Crippen LogP contribution in [0, 0.1) is 17.0 Å². The molecule has 0 radical (unpaired) electrons. The predicted octanol–water partition coefficient (Wildman–Crippen LogP) is 5.02. The molecule has 0 bridgehead atoms. The highest BCUT2D eigenvalue weighted by Gasteiger charge is 2.18. The number of nitro groups is 1. The largest absolute Gasteiger partial charge is 0.357 e. The first kappa shape index (κ1) is 18.7. The summed E-state index contributed by atoms with van der Waals surface area (Å²) in [4.78, 5) is 24.1. The molecule has 1 atom stereocenters. The minimum atomic E-state index is -0.424. The van der Waals surface area contributed by atoms with Crippen molar-refractivity contribution in [2.75, 3.05) is 5.32 Å². The number of anilines is 1. The third-order valence-corrected chi connectivity index (χ3v) is 5.15. The first-order chi connectivity index (χ1) is 14.1. The summed E-state index contributed by atoms with van der Waals surface area (Å²) in [6, 6.07) is 18.0. The summed E-state index contributed by atoms with van der Waals surface area (Å²) in [6.07, 6.45) is 1.78. The maximum Gasteiger partial charge on any atom is 0.269 e. The number of hydrogen-bond donors (Lipinski definition) is 1. The van der Waals surface area contributed by atoms with Crippen LogP contribution in [0.2, 0.25) is 0 Å². The van der Waals surface area contributed by atoms with E-state index in [9.17, 15) is 10.1 Å². The Labute approximate surface area is 171 Å². The van der Waals surface area contributed by atoms with Gasteiger partial charge in [-0.2, -0.15) is 0 Å². The normalized spacial score (nSPS) is 11.8. The number of nitrogens with zero attached hydrogens (tertiary/aromatic N) is 4. The van der Waals surface area contributed by atoms with Crippen LogP contribution in [0.15, 0.2) is 72.2 Å². The van der Waals surface area contributed by atoms with Gasteiger partial charge in [0.1, 0.15) is 16.9 Å². The molecule has 29 heavy (non-hydrogen) atoms. The number of rotatable bonds is 6. The monoisotopic (exact) mass is 403 g/mol. The van der Waals surface area contributed by atoms with E-state index in [1.165, 1.54) is 12.1 Å². The molecule has 1 N–H and O–H groups in total. The van der Waals surface area contributed by atoms with Crippen molar-refractivity contribution in [2.45, 2.75) is 13.0 Å². The number of non-ortho nitro benzene ring substituents is 1. The number of aromatic nitrogens is 3. The van der Waals surface area contributed by atoms with Gasteiger partial charge in [-0.05, 0) is 24.6 Å². The number of aryl methyl sites for hydroxylation is 1. The van der Waals surface area contributed by atoms with Crippen LogP contribution in [0.1, 0.15) is 22.3 Å². The summed E-state index contributed by atoms with van der Waals surface area (Å²) in [5.74, 6) is 1.17. The van der Waals surface area contributed by atoms with Crippen LogP contribution >= 0.6 is 11.3 Å². The molecule has 144 valence electrons. The summed E-state index contributed by atoms with van der Waals surface area (Å²) in [7, 11) is 0. The van der Waals surface area contributed by atoms with Gasteiger partial charge in [0.2, 0.25) is 0 Å². The third kappa shape index (κ3) is 4.27. The molecule has 2 aromatic heterocycles. The van der Waals surface area contributed by atoms with E-state index in [4.69, 9.17) is 0 Å². The van der Waals surface area contributed by atoms with Gasteiger partial charge in [0.05, 0.1) is 4.92 Å². The van der Waals surface area contributed by atoms with E-state index in [0.717, 1.165) is 16.3 Å². The van der Waals surface area contributed by atoms with Crippen LogP contribution < -0.4 is 5.32 Å². The zero-order valence-corrected chi connectivity index (χ0v) is 16.3. The molecule has 0 aliphatic heterocycles. The molecule has 2 aromatic carbocycles. The van der Waals surface area contributed by atoms with Crippen molar-refractivity contribution >= 4 is 22.8 Å². The number of nitro benzene ring substituents is 1. The van der Waals surface area contributed by atoms with Crippen LogP contribution in [0.4, 0.5) is 11.5 Å². The standard InChI is InChI=1S/C21H17N5O2S/c1-14-13-18(25-20(23-14)16-7-9-17(10-8-16)26(27)28)24-19(21-22-11-12-29-21)15-5-3-2-4-6-15/h2-13,19H,1H3,(H,23,24,25). The smallest absolute Gasteiger partial charge is 0.269 e. The Morgan fingerprint density at radius 3 is 2.48 bits per heavy atom. The molecule has 2 heterocycles. The van der Waals surface area contributed by atoms with Crippen LogP contribution in [-0.4, -0.2) is 19.9 Å². The van der Waals surface area contributed by atoms with Gasteiger partial charge < -0.3 is 5.32 Å². The molecule has 8 heteroatoms. The Balaban J connectivity index is 1.68. The fourth-order valence-electron chi connectivity index (χ4n) is 2.96. The maximum atomic E-state index is 10.9. The summed E-state index contributed by atoms with van der Waals surface area (Å²) in [6.45, 7) is 1.89. The Morgan fingerprint density at radius 2 is 1.83 bits per heavy atom. The van der Waals surface area contributed by atoms with E-state index in [-0.39, 0.29) is 11.7 Å². The molecule has 4 aromatic rings. The second-order valence-corrected chi connectivity index (χ2v) is 7.31. The molecule has 7 nitrogen and oxygen atoms in total. The van der Waals surface area contributed by atoms with E-state index in [2.05, 4.69) is 20.3 Å². The number of hydrogen-bond acceptors (Lipinski definition) is 7. The fourth-order valence-corrected chi connectivity index (χ4v) is 3.68. The number of thiazole rings is 1. The van der Waals surface area contributed by atoms with Gasteiger partial charge in [-0.1, -0.05) is 30.3 Å². The molecule has 1 unspecified atom stereocenters. The quantitative estimate of drug-likeness (QED) is 0.359. The SMILES string of the molecule is Cc1cc(NC(c2ccccc2)c2nccs2)nc(-c2ccc([N+](=O)[O-])cc2)n1. The van der Waals surface area contributed by atoms with Gasteiger partial charge in [-0.25, -0.2) is 15.0 Å². The van der Waals surface area contributed by atoms with Crippen LogP contribution in [0.5, 0.6) is 0 Å². The molecule has 0 fully saturated rings. The average molecular weight is 403 g/mol. The number of nitrogens with one attached hydrogen (secondary N) is 1. The second-order valence-electron chi connectivity index (χ2n) is 6.38. The molecule has 0 amide bonds. The molecular weight excluding hydrogens is 386 g/mol. The molecule has 0 saturated carbocycles. The molecule has 0 aliphatic carbocycles. The molecule has 0 saturated heterocycles. The third-order valence-electron chi connectivity index (χ3n) is 4.31. The van der Waals surface area contributed by atoms with E-state index in [1.807, 2.05) is 48.7 Å². The van der Waals surface area contributed by atoms with Gasteiger partial charge >= 0.3 is 0 Å². The van der Waals surface area contributed by atoms with Gasteiger partial charge in [0, 0.05) is 41.0 Å². The van der Waals surface area contributed by atoms with Crippen molar-refractivity contribution < 1.29 is 4.92 Å². The summed E-state index contributed by atoms with van der Waals surface area (Å²) in [5, 5.41) is 17.2. The topological polar surface area (TPSA) is 93.8 Å². The first-order valence-electron chi connectivity index (χ1n) is 8.91. The average Bonchev–Trinajstić information content (AvgIpc) is 3.27. The number of benzene rings is 2. The van der Waals surface area contributed by atoms with E-state index in [0.29, 0.717) is 17.2 Å². The van der Waals surface area contributed by atoms with Gasteiger partial charge in [-0.15, -0.1) is 11.3 Å². The molecular formula is C21H17N5O2S. The minimum Gasteiger partial charge on any atom is -0.357 e.